The summed E-state index contributed by atoms with van der Waals surface area (Å²) in [4.78, 5) is 25.2. The lowest BCUT2D eigenvalue weighted by Gasteiger charge is -2.15. The number of nitrogens with zero attached hydrogens (tertiary/aromatic N) is 2. The molecule has 2 heterocycles. The fourth-order valence-corrected chi connectivity index (χ4v) is 4.31. The number of cyclic esters (lactones) is 1. The molecule has 0 spiro atoms. The second-order valence-corrected chi connectivity index (χ2v) is 8.13. The molecule has 164 valence electrons. The Bertz CT molecular complexity index is 1180. The van der Waals surface area contributed by atoms with Crippen LogP contribution in [0.3, 0.4) is 0 Å². The summed E-state index contributed by atoms with van der Waals surface area (Å²) in [7, 11) is 0. The number of carbonyl (C=O) groups is 2. The minimum atomic E-state index is -0.434. The third-order valence-corrected chi connectivity index (χ3v) is 5.90. The SMILES string of the molecule is CC(=O)NCC1CN(c2ccc3c(c2)-c2onc(-c4ccc(O)cc4)c2CCC3)C(=O)O1. The largest absolute Gasteiger partial charge is 0.508 e. The van der Waals surface area contributed by atoms with Crippen molar-refractivity contribution in [3.63, 3.8) is 0 Å². The Morgan fingerprint density at radius 1 is 1.22 bits per heavy atom. The molecule has 0 bridgehead atoms. The number of hydrogen-bond donors (Lipinski definition) is 2. The number of nitrogens with one attached hydrogen (secondary N) is 1. The Kier molecular flexibility index (Phi) is 5.05. The van der Waals surface area contributed by atoms with E-state index in [1.807, 2.05) is 30.3 Å². The van der Waals surface area contributed by atoms with Crippen LogP contribution in [-0.4, -0.2) is 41.5 Å². The number of phenols is 1. The van der Waals surface area contributed by atoms with Crippen LogP contribution in [0.4, 0.5) is 10.5 Å². The highest BCUT2D eigenvalue weighted by Crippen LogP contribution is 2.40. The molecule has 3 aromatic rings. The summed E-state index contributed by atoms with van der Waals surface area (Å²) in [6.07, 6.45) is 1.84. The zero-order valence-corrected chi connectivity index (χ0v) is 17.6. The third-order valence-electron chi connectivity index (χ3n) is 5.90. The highest BCUT2D eigenvalue weighted by molar-refractivity contribution is 5.91. The first-order valence-electron chi connectivity index (χ1n) is 10.6. The van der Waals surface area contributed by atoms with Crippen LogP contribution in [0.5, 0.6) is 5.75 Å². The van der Waals surface area contributed by atoms with Gasteiger partial charge in [-0.2, -0.15) is 0 Å². The molecule has 1 aliphatic carbocycles. The van der Waals surface area contributed by atoms with Gasteiger partial charge >= 0.3 is 6.09 Å². The second-order valence-electron chi connectivity index (χ2n) is 8.13. The first kappa shape index (κ1) is 20.1. The molecule has 1 unspecified atom stereocenters. The van der Waals surface area contributed by atoms with Crippen molar-refractivity contribution in [1.29, 1.82) is 0 Å². The summed E-state index contributed by atoms with van der Waals surface area (Å²) in [5, 5.41) is 16.6. The average Bonchev–Trinajstić information content (AvgIpc) is 3.31. The van der Waals surface area contributed by atoms with Crippen molar-refractivity contribution in [2.75, 3.05) is 18.0 Å². The normalized spacial score (nSPS) is 17.3. The molecular weight excluding hydrogens is 410 g/mol. The second kappa shape index (κ2) is 8.03. The van der Waals surface area contributed by atoms with Gasteiger partial charge in [-0.15, -0.1) is 0 Å². The zero-order valence-electron chi connectivity index (χ0n) is 17.6. The van der Waals surface area contributed by atoms with E-state index in [9.17, 15) is 14.7 Å². The molecule has 8 nitrogen and oxygen atoms in total. The van der Waals surface area contributed by atoms with Crippen LogP contribution in [0.2, 0.25) is 0 Å². The van der Waals surface area contributed by atoms with Gasteiger partial charge in [0.1, 0.15) is 17.5 Å². The number of benzene rings is 2. The highest BCUT2D eigenvalue weighted by Gasteiger charge is 2.33. The number of fused-ring (bicyclic) bond motifs is 3. The van der Waals surface area contributed by atoms with E-state index in [1.165, 1.54) is 6.92 Å². The molecule has 1 atom stereocenters. The molecule has 2 amide bonds. The van der Waals surface area contributed by atoms with E-state index in [4.69, 9.17) is 9.26 Å². The number of carbonyl (C=O) groups excluding carboxylic acids is 2. The molecule has 8 heteroatoms. The lowest BCUT2D eigenvalue weighted by Crippen LogP contribution is -2.33. The minimum Gasteiger partial charge on any atom is -0.508 e. The lowest BCUT2D eigenvalue weighted by atomic mass is 9.99. The van der Waals surface area contributed by atoms with E-state index >= 15 is 0 Å². The van der Waals surface area contributed by atoms with Crippen LogP contribution in [-0.2, 0) is 22.4 Å². The summed E-state index contributed by atoms with van der Waals surface area (Å²) in [5.41, 5.74) is 5.47. The molecule has 1 aliphatic heterocycles. The summed E-state index contributed by atoms with van der Waals surface area (Å²) >= 11 is 0. The van der Waals surface area contributed by atoms with Gasteiger partial charge in [0, 0.05) is 29.3 Å². The third kappa shape index (κ3) is 3.68. The quantitative estimate of drug-likeness (QED) is 0.651. The Morgan fingerprint density at radius 2 is 2.03 bits per heavy atom. The fraction of sp³-hybridized carbons (Fsp3) is 0.292. The molecule has 1 aromatic heterocycles. The van der Waals surface area contributed by atoms with Crippen molar-refractivity contribution >= 4 is 17.7 Å². The number of aromatic hydroxyl groups is 1. The summed E-state index contributed by atoms with van der Waals surface area (Å²) in [6, 6.07) is 12.8. The number of phenolic OH excluding ortho intramolecular Hbond substituents is 1. The molecule has 5 rings (SSSR count). The highest BCUT2D eigenvalue weighted by atomic mass is 16.6. The van der Waals surface area contributed by atoms with Gasteiger partial charge in [0.25, 0.3) is 0 Å². The number of hydrogen-bond acceptors (Lipinski definition) is 6. The van der Waals surface area contributed by atoms with Gasteiger partial charge in [-0.3, -0.25) is 9.69 Å². The molecule has 1 fully saturated rings. The van der Waals surface area contributed by atoms with Crippen molar-refractivity contribution < 1.29 is 24.0 Å². The van der Waals surface area contributed by atoms with Gasteiger partial charge in [0.2, 0.25) is 5.91 Å². The molecular formula is C24H23N3O5. The zero-order chi connectivity index (χ0) is 22.2. The maximum atomic E-state index is 12.5. The van der Waals surface area contributed by atoms with Crippen LogP contribution in [0, 0.1) is 0 Å². The number of aryl methyl sites for hydroxylation is 1. The predicted octanol–water partition coefficient (Wildman–Crippen LogP) is 3.66. The molecule has 2 aliphatic rings. The molecule has 0 saturated carbocycles. The number of rotatable bonds is 4. The van der Waals surface area contributed by atoms with Crippen LogP contribution >= 0.6 is 0 Å². The van der Waals surface area contributed by atoms with E-state index in [1.54, 1.807) is 17.0 Å². The number of anilines is 1. The summed E-state index contributed by atoms with van der Waals surface area (Å²) in [5.74, 6) is 0.754. The Hall–Kier alpha value is -3.81. The standard InChI is InChI=1S/C24H23N3O5/c1-14(28)25-12-19-13-27(24(30)31-19)17-8-5-15-3-2-4-20-22(16-6-9-18(29)10-7-16)26-32-23(20)21(15)11-17/h5-11,19,29H,2-4,12-13H2,1H3,(H,25,28). The number of aromatic nitrogens is 1. The molecule has 1 saturated heterocycles. The maximum Gasteiger partial charge on any atom is 0.414 e. The monoisotopic (exact) mass is 433 g/mol. The van der Waals surface area contributed by atoms with E-state index < -0.39 is 12.2 Å². The van der Waals surface area contributed by atoms with Crippen molar-refractivity contribution in [2.24, 2.45) is 0 Å². The van der Waals surface area contributed by atoms with Crippen molar-refractivity contribution in [1.82, 2.24) is 10.5 Å². The smallest absolute Gasteiger partial charge is 0.414 e. The molecule has 2 N–H and O–H groups in total. The van der Waals surface area contributed by atoms with Gasteiger partial charge in [-0.25, -0.2) is 4.79 Å². The number of ether oxygens (including phenoxy) is 1. The van der Waals surface area contributed by atoms with Crippen molar-refractivity contribution in [2.45, 2.75) is 32.3 Å². The van der Waals surface area contributed by atoms with E-state index in [0.29, 0.717) is 12.3 Å². The number of amides is 2. The van der Waals surface area contributed by atoms with Gasteiger partial charge < -0.3 is 19.7 Å². The Morgan fingerprint density at radius 3 is 2.81 bits per heavy atom. The van der Waals surface area contributed by atoms with Crippen LogP contribution in [0.1, 0.15) is 24.5 Å². The van der Waals surface area contributed by atoms with Crippen LogP contribution < -0.4 is 10.2 Å². The average molecular weight is 433 g/mol. The molecule has 32 heavy (non-hydrogen) atoms. The summed E-state index contributed by atoms with van der Waals surface area (Å²) in [6.45, 7) is 2.08. The van der Waals surface area contributed by atoms with Crippen LogP contribution in [0.15, 0.2) is 47.0 Å². The first-order valence-corrected chi connectivity index (χ1v) is 10.6. The van der Waals surface area contributed by atoms with Crippen molar-refractivity contribution in [3.8, 4) is 28.3 Å². The van der Waals surface area contributed by atoms with Gasteiger partial charge in [-0.1, -0.05) is 11.2 Å². The predicted molar refractivity (Wildman–Crippen MR) is 117 cm³/mol. The van der Waals surface area contributed by atoms with E-state index in [2.05, 4.69) is 10.5 Å². The molecule has 2 aromatic carbocycles. The first-order chi connectivity index (χ1) is 15.5. The molecule has 0 radical (unpaired) electrons. The van der Waals surface area contributed by atoms with Crippen LogP contribution in [0.25, 0.3) is 22.6 Å². The fourth-order valence-electron chi connectivity index (χ4n) is 4.31. The summed E-state index contributed by atoms with van der Waals surface area (Å²) < 4.78 is 11.2. The minimum absolute atomic E-state index is 0.160. The topological polar surface area (TPSA) is 105 Å². The van der Waals surface area contributed by atoms with Crippen molar-refractivity contribution in [3.05, 3.63) is 53.6 Å². The lowest BCUT2D eigenvalue weighted by molar-refractivity contribution is -0.119. The Labute approximate surface area is 184 Å². The van der Waals surface area contributed by atoms with Gasteiger partial charge in [0.15, 0.2) is 5.76 Å². The van der Waals surface area contributed by atoms with E-state index in [-0.39, 0.29) is 18.2 Å². The van der Waals surface area contributed by atoms with Gasteiger partial charge in [-0.05, 0) is 61.2 Å². The van der Waals surface area contributed by atoms with Gasteiger partial charge in [0.05, 0.1) is 13.1 Å². The maximum absolute atomic E-state index is 12.5. The Balaban J connectivity index is 1.48. The van der Waals surface area contributed by atoms with E-state index in [0.717, 1.165) is 52.9 Å².